The summed E-state index contributed by atoms with van der Waals surface area (Å²) < 4.78 is 11.3. The van der Waals surface area contributed by atoms with Crippen molar-refractivity contribution < 1.29 is 14.4 Å². The highest BCUT2D eigenvalue weighted by Crippen LogP contribution is 2.24. The van der Waals surface area contributed by atoms with E-state index in [0.29, 0.717) is 12.4 Å². The first kappa shape index (κ1) is 16.4. The molecule has 0 aliphatic heterocycles. The van der Waals surface area contributed by atoms with E-state index in [1.165, 1.54) is 12.3 Å². The second-order valence-electron chi connectivity index (χ2n) is 5.29. The first-order valence-electron chi connectivity index (χ1n) is 7.70. The summed E-state index contributed by atoms with van der Waals surface area (Å²) in [7, 11) is 0. The van der Waals surface area contributed by atoms with E-state index in [2.05, 4.69) is 4.98 Å². The van der Waals surface area contributed by atoms with Crippen LogP contribution in [0.5, 0.6) is 11.5 Å². The van der Waals surface area contributed by atoms with Gasteiger partial charge in [0.15, 0.2) is 0 Å². The monoisotopic (exact) mass is 336 g/mol. The summed E-state index contributed by atoms with van der Waals surface area (Å²) in [6.45, 7) is 0.661. The van der Waals surface area contributed by atoms with E-state index in [0.717, 1.165) is 11.1 Å². The van der Waals surface area contributed by atoms with Gasteiger partial charge in [0.25, 0.3) is 0 Å². The number of rotatable bonds is 7. The van der Waals surface area contributed by atoms with Gasteiger partial charge in [0, 0.05) is 0 Å². The van der Waals surface area contributed by atoms with Gasteiger partial charge in [0.2, 0.25) is 5.75 Å². The summed E-state index contributed by atoms with van der Waals surface area (Å²) in [5.74, 6) is 0.563. The van der Waals surface area contributed by atoms with Gasteiger partial charge >= 0.3 is 5.82 Å². The van der Waals surface area contributed by atoms with Crippen molar-refractivity contribution in [2.45, 2.75) is 13.2 Å². The van der Waals surface area contributed by atoms with Crippen LogP contribution in [0.2, 0.25) is 0 Å². The van der Waals surface area contributed by atoms with Gasteiger partial charge in [-0.2, -0.15) is 0 Å². The van der Waals surface area contributed by atoms with E-state index < -0.39 is 4.92 Å². The molecule has 0 bridgehead atoms. The molecule has 6 nitrogen and oxygen atoms in total. The Balaban J connectivity index is 1.63. The molecule has 0 aliphatic rings. The van der Waals surface area contributed by atoms with Gasteiger partial charge in [0.1, 0.15) is 25.2 Å². The minimum Gasteiger partial charge on any atom is -0.489 e. The van der Waals surface area contributed by atoms with Crippen molar-refractivity contribution >= 4 is 5.82 Å². The van der Waals surface area contributed by atoms with E-state index >= 15 is 0 Å². The van der Waals surface area contributed by atoms with E-state index in [4.69, 9.17) is 9.47 Å². The molecule has 6 heteroatoms. The molecule has 0 N–H and O–H groups in total. The van der Waals surface area contributed by atoms with Crippen LogP contribution in [0, 0.1) is 10.1 Å². The number of aromatic nitrogens is 1. The van der Waals surface area contributed by atoms with Crippen molar-refractivity contribution in [2.24, 2.45) is 0 Å². The molecular formula is C19H16N2O4. The van der Waals surface area contributed by atoms with Crippen LogP contribution in [0.3, 0.4) is 0 Å². The van der Waals surface area contributed by atoms with Crippen molar-refractivity contribution in [3.63, 3.8) is 0 Å². The highest BCUT2D eigenvalue weighted by Gasteiger charge is 2.15. The lowest BCUT2D eigenvalue weighted by Gasteiger charge is -2.09. The van der Waals surface area contributed by atoms with Gasteiger partial charge in [-0.1, -0.05) is 42.5 Å². The number of ether oxygens (including phenoxy) is 2. The molecule has 126 valence electrons. The van der Waals surface area contributed by atoms with Crippen molar-refractivity contribution in [3.8, 4) is 11.5 Å². The van der Waals surface area contributed by atoms with E-state index in [9.17, 15) is 10.1 Å². The average Bonchev–Trinajstić information content (AvgIpc) is 2.66. The molecule has 0 radical (unpaired) electrons. The Morgan fingerprint density at radius 2 is 1.64 bits per heavy atom. The Morgan fingerprint density at radius 3 is 2.44 bits per heavy atom. The molecule has 0 fully saturated rings. The molecule has 3 rings (SSSR count). The van der Waals surface area contributed by atoms with Crippen molar-refractivity contribution in [1.82, 2.24) is 4.98 Å². The first-order valence-corrected chi connectivity index (χ1v) is 7.70. The minimum atomic E-state index is -0.561. The molecule has 0 saturated carbocycles. The van der Waals surface area contributed by atoms with Crippen molar-refractivity contribution in [2.75, 3.05) is 0 Å². The third kappa shape index (κ3) is 4.54. The average molecular weight is 336 g/mol. The lowest BCUT2D eigenvalue weighted by Crippen LogP contribution is -2.01. The maximum Gasteiger partial charge on any atom is 0.406 e. The van der Waals surface area contributed by atoms with Gasteiger partial charge in [-0.25, -0.2) is 0 Å². The molecule has 25 heavy (non-hydrogen) atoms. The first-order chi connectivity index (χ1) is 12.2. The second-order valence-corrected chi connectivity index (χ2v) is 5.29. The van der Waals surface area contributed by atoms with Crippen LogP contribution in [0.15, 0.2) is 72.9 Å². The third-order valence-corrected chi connectivity index (χ3v) is 3.46. The minimum absolute atomic E-state index is 0.142. The van der Waals surface area contributed by atoms with Crippen LogP contribution in [0.4, 0.5) is 5.82 Å². The lowest BCUT2D eigenvalue weighted by atomic mass is 10.2. The quantitative estimate of drug-likeness (QED) is 0.479. The van der Waals surface area contributed by atoms with Gasteiger partial charge in [-0.3, -0.25) is 0 Å². The zero-order valence-corrected chi connectivity index (χ0v) is 13.4. The maximum atomic E-state index is 11.0. The molecule has 0 unspecified atom stereocenters. The Kier molecular flexibility index (Phi) is 5.21. The molecule has 1 heterocycles. The van der Waals surface area contributed by atoms with Gasteiger partial charge in [0.05, 0.1) is 0 Å². The number of benzene rings is 2. The SMILES string of the molecule is O=[N+]([O-])c1ncccc1OCc1cccc(OCc2ccccc2)c1. The molecule has 0 amide bonds. The van der Waals surface area contributed by atoms with E-state index in [1.54, 1.807) is 6.07 Å². The molecule has 0 atom stereocenters. The number of hydrogen-bond acceptors (Lipinski definition) is 5. The molecule has 0 saturated heterocycles. The van der Waals surface area contributed by atoms with Crippen LogP contribution < -0.4 is 9.47 Å². The summed E-state index contributed by atoms with van der Waals surface area (Å²) in [5, 5.41) is 11.0. The normalized spacial score (nSPS) is 10.2. The predicted octanol–water partition coefficient (Wildman–Crippen LogP) is 4.15. The highest BCUT2D eigenvalue weighted by atomic mass is 16.6. The Bertz CT molecular complexity index is 853. The van der Waals surface area contributed by atoms with Crippen LogP contribution >= 0.6 is 0 Å². The van der Waals surface area contributed by atoms with E-state index in [1.807, 2.05) is 54.6 Å². The number of nitro groups is 1. The van der Waals surface area contributed by atoms with Crippen LogP contribution in [-0.4, -0.2) is 9.91 Å². The van der Waals surface area contributed by atoms with Crippen LogP contribution in [0.25, 0.3) is 0 Å². The van der Waals surface area contributed by atoms with Crippen LogP contribution in [-0.2, 0) is 13.2 Å². The zero-order valence-electron chi connectivity index (χ0n) is 13.4. The third-order valence-electron chi connectivity index (χ3n) is 3.46. The second kappa shape index (κ2) is 7.92. The lowest BCUT2D eigenvalue weighted by molar-refractivity contribution is -0.390. The summed E-state index contributed by atoms with van der Waals surface area (Å²) in [6, 6.07) is 20.4. The van der Waals surface area contributed by atoms with Gasteiger partial charge < -0.3 is 19.6 Å². The van der Waals surface area contributed by atoms with Crippen molar-refractivity contribution in [1.29, 1.82) is 0 Å². The number of pyridine rings is 1. The van der Waals surface area contributed by atoms with Gasteiger partial charge in [-0.15, -0.1) is 0 Å². The van der Waals surface area contributed by atoms with E-state index in [-0.39, 0.29) is 18.2 Å². The largest absolute Gasteiger partial charge is 0.489 e. The maximum absolute atomic E-state index is 11.0. The fraction of sp³-hybridized carbons (Fsp3) is 0.105. The number of hydrogen-bond donors (Lipinski definition) is 0. The fourth-order valence-electron chi connectivity index (χ4n) is 2.26. The molecule has 0 aliphatic carbocycles. The summed E-state index contributed by atoms with van der Waals surface area (Å²) in [4.78, 5) is 14.1. The Labute approximate surface area is 144 Å². The summed E-state index contributed by atoms with van der Waals surface area (Å²) in [5.41, 5.74) is 1.93. The van der Waals surface area contributed by atoms with Crippen molar-refractivity contribution in [3.05, 3.63) is 94.2 Å². The predicted molar refractivity (Wildman–Crippen MR) is 92.4 cm³/mol. The number of nitrogens with zero attached hydrogens (tertiary/aromatic N) is 2. The fourth-order valence-corrected chi connectivity index (χ4v) is 2.26. The summed E-state index contributed by atoms with van der Waals surface area (Å²) in [6.07, 6.45) is 1.36. The zero-order chi connectivity index (χ0) is 17.5. The molecule has 3 aromatic rings. The highest BCUT2D eigenvalue weighted by molar-refractivity contribution is 5.39. The van der Waals surface area contributed by atoms with Gasteiger partial charge in [-0.05, 0) is 45.3 Å². The Morgan fingerprint density at radius 1 is 0.880 bits per heavy atom. The standard InChI is InChI=1S/C19H16N2O4/c22-21(23)19-18(10-5-11-20-19)25-14-16-8-4-9-17(12-16)24-13-15-6-2-1-3-7-15/h1-12H,13-14H2. The smallest absolute Gasteiger partial charge is 0.406 e. The van der Waals surface area contributed by atoms with Crippen LogP contribution in [0.1, 0.15) is 11.1 Å². The molecule has 2 aromatic carbocycles. The summed E-state index contributed by atoms with van der Waals surface area (Å²) >= 11 is 0. The Hall–Kier alpha value is -3.41. The molecule has 1 aromatic heterocycles. The molecular weight excluding hydrogens is 320 g/mol. The topological polar surface area (TPSA) is 74.5 Å². The molecule has 0 spiro atoms.